The van der Waals surface area contributed by atoms with Crippen molar-refractivity contribution in [1.82, 2.24) is 4.90 Å². The molecule has 2 bridgehead atoms. The fraction of sp³-hybridized carbons (Fsp3) is 0.889. The van der Waals surface area contributed by atoms with Gasteiger partial charge in [-0.05, 0) is 37.8 Å². The summed E-state index contributed by atoms with van der Waals surface area (Å²) in [4.78, 5) is 13.2. The summed E-state index contributed by atoms with van der Waals surface area (Å²) in [5, 5.41) is 0. The van der Waals surface area contributed by atoms with E-state index in [0.717, 1.165) is 12.5 Å². The van der Waals surface area contributed by atoms with E-state index in [-0.39, 0.29) is 5.91 Å². The lowest BCUT2D eigenvalue weighted by Gasteiger charge is -2.44. The lowest BCUT2D eigenvalue weighted by molar-refractivity contribution is -0.120. The molecule has 3 heterocycles. The smallest absolute Gasteiger partial charge is 0.217 e. The van der Waals surface area contributed by atoms with Crippen LogP contribution < -0.4 is 5.73 Å². The fourth-order valence-electron chi connectivity index (χ4n) is 2.58. The molecular formula is C9H16N2O. The van der Waals surface area contributed by atoms with E-state index in [1.54, 1.807) is 0 Å². The second-order valence-electron chi connectivity index (χ2n) is 4.07. The zero-order valence-electron chi connectivity index (χ0n) is 7.33. The van der Waals surface area contributed by atoms with Crippen molar-refractivity contribution in [3.63, 3.8) is 0 Å². The molecule has 12 heavy (non-hydrogen) atoms. The van der Waals surface area contributed by atoms with Gasteiger partial charge in [0, 0.05) is 13.0 Å². The lowest BCUT2D eigenvalue weighted by Crippen LogP contribution is -2.48. The van der Waals surface area contributed by atoms with E-state index in [0.29, 0.717) is 12.3 Å². The van der Waals surface area contributed by atoms with Crippen molar-refractivity contribution in [2.75, 3.05) is 19.6 Å². The van der Waals surface area contributed by atoms with Crippen molar-refractivity contribution >= 4 is 5.91 Å². The molecule has 0 aromatic heterocycles. The molecule has 0 radical (unpaired) electrons. The zero-order chi connectivity index (χ0) is 8.55. The first-order chi connectivity index (χ1) is 5.75. The summed E-state index contributed by atoms with van der Waals surface area (Å²) < 4.78 is 0. The molecular weight excluding hydrogens is 152 g/mol. The Hall–Kier alpha value is -0.570. The molecule has 1 amide bonds. The molecule has 3 nitrogen and oxygen atoms in total. The molecule has 1 atom stereocenters. The fourth-order valence-corrected chi connectivity index (χ4v) is 2.58. The van der Waals surface area contributed by atoms with Crippen LogP contribution in [0.15, 0.2) is 0 Å². The predicted molar refractivity (Wildman–Crippen MR) is 46.5 cm³/mol. The van der Waals surface area contributed by atoms with Crippen LogP contribution in [0.1, 0.15) is 19.3 Å². The maximum Gasteiger partial charge on any atom is 0.217 e. The highest BCUT2D eigenvalue weighted by molar-refractivity contribution is 5.74. The molecule has 0 aromatic rings. The van der Waals surface area contributed by atoms with Crippen LogP contribution in [0.25, 0.3) is 0 Å². The van der Waals surface area contributed by atoms with Crippen LogP contribution in [0.3, 0.4) is 0 Å². The summed E-state index contributed by atoms with van der Waals surface area (Å²) in [5.41, 5.74) is 5.20. The van der Waals surface area contributed by atoms with E-state index in [1.165, 1.54) is 25.9 Å². The molecule has 0 unspecified atom stereocenters. The zero-order valence-corrected chi connectivity index (χ0v) is 7.33. The van der Waals surface area contributed by atoms with Gasteiger partial charge in [-0.1, -0.05) is 0 Å². The van der Waals surface area contributed by atoms with E-state index >= 15 is 0 Å². The van der Waals surface area contributed by atoms with E-state index in [2.05, 4.69) is 4.90 Å². The third-order valence-corrected chi connectivity index (χ3v) is 3.25. The first-order valence-corrected chi connectivity index (χ1v) is 4.76. The summed E-state index contributed by atoms with van der Waals surface area (Å²) in [6, 6.07) is 0. The number of rotatable bonds is 2. The quantitative estimate of drug-likeness (QED) is 0.640. The maximum absolute atomic E-state index is 10.7. The monoisotopic (exact) mass is 168 g/mol. The van der Waals surface area contributed by atoms with Crippen LogP contribution in [-0.2, 0) is 4.79 Å². The second kappa shape index (κ2) is 3.05. The van der Waals surface area contributed by atoms with Gasteiger partial charge in [-0.15, -0.1) is 0 Å². The highest BCUT2D eigenvalue weighted by atomic mass is 16.1. The van der Waals surface area contributed by atoms with Crippen LogP contribution in [0, 0.1) is 11.8 Å². The average Bonchev–Trinajstić information content (AvgIpc) is 2.05. The van der Waals surface area contributed by atoms with Crippen molar-refractivity contribution in [3.8, 4) is 0 Å². The van der Waals surface area contributed by atoms with Gasteiger partial charge in [0.25, 0.3) is 0 Å². The third kappa shape index (κ3) is 1.46. The third-order valence-electron chi connectivity index (χ3n) is 3.25. The number of nitrogens with two attached hydrogens (primary N) is 1. The van der Waals surface area contributed by atoms with Gasteiger partial charge in [-0.3, -0.25) is 4.79 Å². The van der Waals surface area contributed by atoms with Gasteiger partial charge in [0.2, 0.25) is 5.91 Å². The Labute approximate surface area is 72.9 Å². The summed E-state index contributed by atoms with van der Waals surface area (Å²) in [5.74, 6) is 1.21. The van der Waals surface area contributed by atoms with Crippen LogP contribution in [-0.4, -0.2) is 30.4 Å². The SMILES string of the molecule is NC(=O)C[C@H]1CN2CCC1CC2. The first-order valence-electron chi connectivity index (χ1n) is 4.76. The maximum atomic E-state index is 10.7. The Bertz CT molecular complexity index is 185. The lowest BCUT2D eigenvalue weighted by atomic mass is 9.77. The number of hydrogen-bond donors (Lipinski definition) is 1. The molecule has 3 fully saturated rings. The standard InChI is InChI=1S/C9H16N2O/c10-9(12)5-8-6-11-3-1-7(8)2-4-11/h7-8H,1-6H2,(H2,10,12)/t8-/m0/s1. The molecule has 0 saturated carbocycles. The van der Waals surface area contributed by atoms with Crippen molar-refractivity contribution in [3.05, 3.63) is 0 Å². The van der Waals surface area contributed by atoms with Crippen molar-refractivity contribution in [1.29, 1.82) is 0 Å². The summed E-state index contributed by atoms with van der Waals surface area (Å²) in [6.45, 7) is 3.58. The summed E-state index contributed by atoms with van der Waals surface area (Å²) in [7, 11) is 0. The van der Waals surface area contributed by atoms with Gasteiger partial charge < -0.3 is 10.6 Å². The molecule has 3 aliphatic rings. The number of piperidine rings is 3. The minimum atomic E-state index is -0.131. The number of nitrogens with zero attached hydrogens (tertiary/aromatic N) is 1. The minimum Gasteiger partial charge on any atom is -0.370 e. The highest BCUT2D eigenvalue weighted by Crippen LogP contribution is 2.33. The Balaban J connectivity index is 1.95. The number of hydrogen-bond acceptors (Lipinski definition) is 2. The Kier molecular flexibility index (Phi) is 2.05. The molecule has 68 valence electrons. The van der Waals surface area contributed by atoms with Gasteiger partial charge in [0.05, 0.1) is 0 Å². The van der Waals surface area contributed by atoms with Gasteiger partial charge in [0.1, 0.15) is 0 Å². The molecule has 3 aliphatic heterocycles. The molecule has 3 rings (SSSR count). The first kappa shape index (κ1) is 8.05. The number of fused-ring (bicyclic) bond motifs is 3. The topological polar surface area (TPSA) is 46.3 Å². The molecule has 0 aromatic carbocycles. The van der Waals surface area contributed by atoms with Crippen molar-refractivity contribution in [2.24, 2.45) is 17.6 Å². The second-order valence-corrected chi connectivity index (χ2v) is 4.07. The van der Waals surface area contributed by atoms with Crippen LogP contribution in [0.5, 0.6) is 0 Å². The molecule has 2 N–H and O–H groups in total. The molecule has 3 saturated heterocycles. The average molecular weight is 168 g/mol. The van der Waals surface area contributed by atoms with E-state index in [1.807, 2.05) is 0 Å². The van der Waals surface area contributed by atoms with E-state index in [4.69, 9.17) is 5.73 Å². The predicted octanol–water partition coefficient (Wildman–Crippen LogP) is 0.204. The minimum absolute atomic E-state index is 0.131. The van der Waals surface area contributed by atoms with E-state index in [9.17, 15) is 4.79 Å². The Morgan fingerprint density at radius 3 is 2.50 bits per heavy atom. The van der Waals surface area contributed by atoms with E-state index < -0.39 is 0 Å². The van der Waals surface area contributed by atoms with Crippen molar-refractivity contribution in [2.45, 2.75) is 19.3 Å². The van der Waals surface area contributed by atoms with Gasteiger partial charge in [-0.2, -0.15) is 0 Å². The molecule has 0 aliphatic carbocycles. The Morgan fingerprint density at radius 2 is 2.08 bits per heavy atom. The molecule has 3 heteroatoms. The summed E-state index contributed by atoms with van der Waals surface area (Å²) >= 11 is 0. The highest BCUT2D eigenvalue weighted by Gasteiger charge is 2.34. The van der Waals surface area contributed by atoms with Gasteiger partial charge in [0.15, 0.2) is 0 Å². The van der Waals surface area contributed by atoms with Crippen molar-refractivity contribution < 1.29 is 4.79 Å². The summed E-state index contributed by atoms with van der Waals surface area (Å²) in [6.07, 6.45) is 3.15. The number of amides is 1. The van der Waals surface area contributed by atoms with Crippen LogP contribution in [0.2, 0.25) is 0 Å². The Morgan fingerprint density at radius 1 is 1.42 bits per heavy atom. The number of primary amides is 1. The van der Waals surface area contributed by atoms with Crippen LogP contribution >= 0.6 is 0 Å². The number of carbonyl (C=O) groups excluding carboxylic acids is 1. The van der Waals surface area contributed by atoms with Gasteiger partial charge in [-0.25, -0.2) is 0 Å². The van der Waals surface area contributed by atoms with Crippen LogP contribution in [0.4, 0.5) is 0 Å². The molecule has 0 spiro atoms. The number of carbonyl (C=O) groups is 1. The normalized spacial score (nSPS) is 39.8. The largest absolute Gasteiger partial charge is 0.370 e. The van der Waals surface area contributed by atoms with Gasteiger partial charge >= 0.3 is 0 Å².